The van der Waals surface area contributed by atoms with E-state index >= 15 is 0 Å². The van der Waals surface area contributed by atoms with Crippen molar-refractivity contribution in [2.45, 2.75) is 89.8 Å². The molecule has 5 nitrogen and oxygen atoms in total. The second-order valence-corrected chi connectivity index (χ2v) is 12.8. The molecule has 1 aliphatic heterocycles. The highest BCUT2D eigenvalue weighted by Crippen LogP contribution is 2.71. The molecule has 6 rings (SSSR count). The summed E-state index contributed by atoms with van der Waals surface area (Å²) in [6, 6.07) is 5.86. The van der Waals surface area contributed by atoms with Gasteiger partial charge in [0.2, 0.25) is 0 Å². The lowest BCUT2D eigenvalue weighted by atomic mass is 9.43. The van der Waals surface area contributed by atoms with E-state index < -0.39 is 11.4 Å². The van der Waals surface area contributed by atoms with Crippen LogP contribution in [0.4, 0.5) is 0 Å². The number of nitrogens with zero attached hydrogens (tertiary/aromatic N) is 1. The monoisotopic (exact) mass is 469 g/mol. The molecule has 0 unspecified atom stereocenters. The van der Waals surface area contributed by atoms with Crippen molar-refractivity contribution in [2.24, 2.45) is 34.5 Å². The largest absolute Gasteiger partial charge is 0.383 e. The van der Waals surface area contributed by atoms with Crippen molar-refractivity contribution >= 4 is 22.9 Å². The molecule has 9 atom stereocenters. The Kier molecular flexibility index (Phi) is 4.68. The van der Waals surface area contributed by atoms with Gasteiger partial charge in [0.15, 0.2) is 11.6 Å². The van der Waals surface area contributed by atoms with Crippen molar-refractivity contribution in [3.05, 3.63) is 30.1 Å². The van der Waals surface area contributed by atoms with Gasteiger partial charge in [-0.25, -0.2) is 0 Å². The first-order chi connectivity index (χ1) is 15.5. The van der Waals surface area contributed by atoms with Gasteiger partial charge < -0.3 is 14.6 Å². The topological polar surface area (TPSA) is 68.7 Å². The van der Waals surface area contributed by atoms with Crippen molar-refractivity contribution in [3.8, 4) is 0 Å². The molecule has 33 heavy (non-hydrogen) atoms. The van der Waals surface area contributed by atoms with Crippen molar-refractivity contribution in [1.82, 2.24) is 4.98 Å². The zero-order chi connectivity index (χ0) is 23.4. The zero-order valence-corrected chi connectivity index (χ0v) is 20.9. The Morgan fingerprint density at radius 1 is 1.03 bits per heavy atom. The van der Waals surface area contributed by atoms with Crippen LogP contribution in [-0.2, 0) is 19.9 Å². The molecule has 1 N–H and O–H groups in total. The lowest BCUT2D eigenvalue weighted by molar-refractivity contribution is -0.194. The number of aliphatic hydroxyl groups is 1. The quantitative estimate of drug-likeness (QED) is 0.606. The van der Waals surface area contributed by atoms with Crippen molar-refractivity contribution < 1.29 is 19.4 Å². The molecule has 1 aromatic heterocycles. The third kappa shape index (κ3) is 2.84. The van der Waals surface area contributed by atoms with Crippen LogP contribution in [0.25, 0.3) is 0 Å². The van der Waals surface area contributed by atoms with E-state index in [0.29, 0.717) is 36.0 Å². The average Bonchev–Trinajstić information content (AvgIpc) is 3.24. The number of ether oxygens (including phenoxy) is 2. The van der Waals surface area contributed by atoms with Crippen LogP contribution >= 0.6 is 12.2 Å². The normalized spacial score (nSPS) is 50.3. The highest BCUT2D eigenvalue weighted by molar-refractivity contribution is 7.82. The third-order valence-electron chi connectivity index (χ3n) is 10.5. The second kappa shape index (κ2) is 6.93. The summed E-state index contributed by atoms with van der Waals surface area (Å²) in [4.78, 5) is 17.9. The maximum atomic E-state index is 12.7. The minimum absolute atomic E-state index is 0.0572. The molecule has 4 saturated carbocycles. The van der Waals surface area contributed by atoms with Gasteiger partial charge in [0.1, 0.15) is 5.60 Å². The predicted molar refractivity (Wildman–Crippen MR) is 127 cm³/mol. The van der Waals surface area contributed by atoms with Crippen LogP contribution in [-0.4, -0.2) is 38.7 Å². The van der Waals surface area contributed by atoms with Gasteiger partial charge >= 0.3 is 0 Å². The number of rotatable bonds is 1. The zero-order valence-electron chi connectivity index (χ0n) is 20.0. The van der Waals surface area contributed by atoms with Gasteiger partial charge in [-0.1, -0.05) is 32.1 Å². The molecule has 0 amide bonds. The van der Waals surface area contributed by atoms with Gasteiger partial charge in [-0.3, -0.25) is 9.78 Å². The molecule has 6 heteroatoms. The van der Waals surface area contributed by atoms with Crippen molar-refractivity contribution in [3.63, 3.8) is 0 Å². The summed E-state index contributed by atoms with van der Waals surface area (Å²) in [5.74, 6) is 0.545. The minimum Gasteiger partial charge on any atom is -0.383 e. The van der Waals surface area contributed by atoms with E-state index in [4.69, 9.17) is 21.7 Å². The molecular weight excluding hydrogens is 434 g/mol. The van der Waals surface area contributed by atoms with Crippen LogP contribution in [0.3, 0.4) is 0 Å². The van der Waals surface area contributed by atoms with E-state index in [-0.39, 0.29) is 40.7 Å². The lowest BCUT2D eigenvalue weighted by Gasteiger charge is -2.63. The summed E-state index contributed by atoms with van der Waals surface area (Å²) in [6.45, 7) is 8.61. The summed E-state index contributed by atoms with van der Waals surface area (Å²) in [7, 11) is 0. The lowest BCUT2D eigenvalue weighted by Crippen LogP contribution is -2.64. The number of ketones is 1. The van der Waals surface area contributed by atoms with Crippen LogP contribution in [0.1, 0.15) is 71.9 Å². The van der Waals surface area contributed by atoms with Gasteiger partial charge in [-0.2, -0.15) is 0 Å². The number of aromatic nitrogens is 1. The van der Waals surface area contributed by atoms with E-state index in [2.05, 4.69) is 18.8 Å². The first kappa shape index (κ1) is 22.3. The number of hydrogen-bond acceptors (Lipinski definition) is 6. The van der Waals surface area contributed by atoms with Crippen molar-refractivity contribution in [1.29, 1.82) is 0 Å². The Morgan fingerprint density at radius 3 is 2.48 bits per heavy atom. The Bertz CT molecular complexity index is 1010. The maximum absolute atomic E-state index is 12.7. The highest BCUT2D eigenvalue weighted by Gasteiger charge is 2.71. The summed E-state index contributed by atoms with van der Waals surface area (Å²) in [6.07, 6.45) is 6.37. The fourth-order valence-corrected chi connectivity index (χ4v) is 9.31. The molecule has 0 aromatic carbocycles. The van der Waals surface area contributed by atoms with E-state index in [9.17, 15) is 9.90 Å². The number of fused-ring (bicyclic) bond motifs is 8. The summed E-state index contributed by atoms with van der Waals surface area (Å²) in [5.41, 5.74) is -0.507. The molecule has 0 spiro atoms. The molecule has 2 heterocycles. The molecule has 1 saturated heterocycles. The SMILES string of the molecule is CC1(C)O[C@H]2[C@H](O1)[C@H]1CC(=O)C(=S)C[C@]1(C)[C@H]1CC[C@@]3(C)[C@@H](CC[C@@]3(O)c3ccccn3)[C@H]21. The molecule has 5 fully saturated rings. The summed E-state index contributed by atoms with van der Waals surface area (Å²) in [5, 5.41) is 12.1. The summed E-state index contributed by atoms with van der Waals surface area (Å²) >= 11 is 5.57. The minimum atomic E-state index is -0.941. The van der Waals surface area contributed by atoms with Gasteiger partial charge in [0, 0.05) is 24.0 Å². The van der Waals surface area contributed by atoms with Gasteiger partial charge in [0.25, 0.3) is 0 Å². The Balaban J connectivity index is 1.45. The maximum Gasteiger partial charge on any atom is 0.169 e. The molecule has 0 radical (unpaired) electrons. The van der Waals surface area contributed by atoms with Gasteiger partial charge in [0.05, 0.1) is 22.8 Å². The fourth-order valence-electron chi connectivity index (χ4n) is 8.91. The van der Waals surface area contributed by atoms with E-state index in [1.807, 2.05) is 32.0 Å². The van der Waals surface area contributed by atoms with E-state index in [0.717, 1.165) is 25.0 Å². The first-order valence-corrected chi connectivity index (χ1v) is 13.0. The van der Waals surface area contributed by atoms with E-state index in [1.54, 1.807) is 6.20 Å². The number of thiocarbonyl (C=S) groups is 1. The smallest absolute Gasteiger partial charge is 0.169 e. The number of carbonyl (C=O) groups is 1. The fraction of sp³-hybridized carbons (Fsp3) is 0.741. The van der Waals surface area contributed by atoms with Crippen LogP contribution in [0, 0.1) is 34.5 Å². The first-order valence-electron chi connectivity index (χ1n) is 12.6. The van der Waals surface area contributed by atoms with E-state index in [1.165, 1.54) is 0 Å². The van der Waals surface area contributed by atoms with Crippen LogP contribution in [0.2, 0.25) is 0 Å². The molecule has 0 bridgehead atoms. The highest BCUT2D eigenvalue weighted by atomic mass is 32.1. The molecule has 178 valence electrons. The van der Waals surface area contributed by atoms with Crippen LogP contribution < -0.4 is 0 Å². The van der Waals surface area contributed by atoms with Crippen LogP contribution in [0.15, 0.2) is 24.4 Å². The van der Waals surface area contributed by atoms with Gasteiger partial charge in [-0.05, 0) is 81.3 Å². The number of hydrogen-bond donors (Lipinski definition) is 1. The number of carbonyl (C=O) groups excluding carboxylic acids is 1. The Hall–Kier alpha value is -1.21. The number of pyridine rings is 1. The summed E-state index contributed by atoms with van der Waals surface area (Å²) < 4.78 is 13.2. The molecular formula is C27H35NO4S. The molecule has 1 aromatic rings. The average molecular weight is 470 g/mol. The Labute approximate surface area is 201 Å². The van der Waals surface area contributed by atoms with Crippen LogP contribution in [0.5, 0.6) is 0 Å². The third-order valence-corrected chi connectivity index (χ3v) is 10.8. The van der Waals surface area contributed by atoms with Gasteiger partial charge in [-0.15, -0.1) is 0 Å². The second-order valence-electron chi connectivity index (χ2n) is 12.3. The number of Topliss-reactive ketones (excluding diaryl/α,β-unsaturated/α-hetero) is 1. The van der Waals surface area contributed by atoms with Crippen molar-refractivity contribution in [2.75, 3.05) is 0 Å². The molecule has 5 aliphatic rings. The Morgan fingerprint density at radius 2 is 1.76 bits per heavy atom. The molecule has 4 aliphatic carbocycles. The standard InChI is InChI=1S/C27H35NO4S/c1-24(2)31-22-17-13-18(29)19(33)14-25(17,3)15-8-10-26(4)16(21(15)23(22)32-24)9-11-27(26,30)20-7-5-6-12-28-20/h5-7,12,15-17,21-23,30H,8-11,13-14H2,1-4H3/t15-,16-,17+,21+,22+,23+,25+,26-,27+/m0/s1. The predicted octanol–water partition coefficient (Wildman–Crippen LogP) is 4.60.